The molecule has 1 aliphatic rings. The molecule has 5 heteroatoms. The van der Waals surface area contributed by atoms with Crippen molar-refractivity contribution >= 4 is 11.6 Å². The van der Waals surface area contributed by atoms with Crippen molar-refractivity contribution < 1.29 is 13.5 Å². The first-order valence-corrected chi connectivity index (χ1v) is 9.45. The minimum atomic E-state index is -0.359. The number of ether oxygens (including phenoxy) is 1. The highest BCUT2D eigenvalue weighted by Crippen LogP contribution is 2.42. The van der Waals surface area contributed by atoms with Crippen LogP contribution in [0.25, 0.3) is 33.6 Å². The molecule has 2 heterocycles. The molecule has 0 aliphatic carbocycles. The van der Waals surface area contributed by atoms with Crippen molar-refractivity contribution in [3.05, 3.63) is 95.0 Å². The third-order valence-electron chi connectivity index (χ3n) is 4.99. The van der Waals surface area contributed by atoms with Gasteiger partial charge >= 0.3 is 0 Å². The first-order chi connectivity index (χ1) is 14.1. The number of fused-ring (bicyclic) bond motifs is 3. The molecule has 0 radical (unpaired) electrons. The lowest BCUT2D eigenvalue weighted by Crippen LogP contribution is -2.10. The number of aromatic nitrogens is 1. The lowest BCUT2D eigenvalue weighted by atomic mass is 9.92. The van der Waals surface area contributed by atoms with Crippen LogP contribution in [0.1, 0.15) is 5.56 Å². The zero-order valence-electron chi connectivity index (χ0n) is 15.1. The Hall–Kier alpha value is -3.24. The summed E-state index contributed by atoms with van der Waals surface area (Å²) in [5, 5.41) is 0.631. The van der Waals surface area contributed by atoms with Gasteiger partial charge in [0.2, 0.25) is 0 Å². The fraction of sp³-hybridized carbons (Fsp3) is 0.0417. The number of hydrogen-bond donors (Lipinski definition) is 0. The van der Waals surface area contributed by atoms with E-state index in [1.165, 1.54) is 24.3 Å². The summed E-state index contributed by atoms with van der Waals surface area (Å²) < 4.78 is 33.3. The highest BCUT2D eigenvalue weighted by atomic mass is 35.5. The fourth-order valence-corrected chi connectivity index (χ4v) is 3.69. The Morgan fingerprint density at radius 1 is 0.759 bits per heavy atom. The molecule has 0 atom stereocenters. The molecule has 1 aromatic heterocycles. The molecule has 1 aliphatic heterocycles. The van der Waals surface area contributed by atoms with Gasteiger partial charge in [0.25, 0.3) is 0 Å². The van der Waals surface area contributed by atoms with Gasteiger partial charge in [0.15, 0.2) is 0 Å². The largest absolute Gasteiger partial charge is 0.488 e. The molecular weight excluding hydrogens is 392 g/mol. The van der Waals surface area contributed by atoms with Gasteiger partial charge in [-0.2, -0.15) is 0 Å². The summed E-state index contributed by atoms with van der Waals surface area (Å²) in [7, 11) is 0. The Morgan fingerprint density at radius 2 is 1.45 bits per heavy atom. The van der Waals surface area contributed by atoms with E-state index in [2.05, 4.69) is 0 Å². The lowest BCUT2D eigenvalue weighted by molar-refractivity contribution is 0.301. The minimum Gasteiger partial charge on any atom is -0.488 e. The quantitative estimate of drug-likeness (QED) is 0.361. The summed E-state index contributed by atoms with van der Waals surface area (Å²) in [5.74, 6) is -0.0785. The highest BCUT2D eigenvalue weighted by Gasteiger charge is 2.24. The van der Waals surface area contributed by atoms with Crippen LogP contribution in [0.15, 0.2) is 72.8 Å². The predicted octanol–water partition coefficient (Wildman–Crippen LogP) is 6.91. The second-order valence-corrected chi connectivity index (χ2v) is 7.26. The number of pyridine rings is 1. The average Bonchev–Trinajstić information content (AvgIpc) is 2.74. The smallest absolute Gasteiger partial charge is 0.129 e. The SMILES string of the molecule is Fc1ccc(-c2cc(-c3ccc(Cl)cc3)nc3c2COc2ccc(F)cc2-3)cc1. The summed E-state index contributed by atoms with van der Waals surface area (Å²) >= 11 is 6.03. The van der Waals surface area contributed by atoms with E-state index >= 15 is 0 Å². The molecule has 0 amide bonds. The maximum absolute atomic E-state index is 14.0. The topological polar surface area (TPSA) is 22.1 Å². The molecule has 29 heavy (non-hydrogen) atoms. The van der Waals surface area contributed by atoms with Crippen LogP contribution in [0.2, 0.25) is 5.02 Å². The summed E-state index contributed by atoms with van der Waals surface area (Å²) in [6.45, 7) is 0.300. The van der Waals surface area contributed by atoms with Crippen LogP contribution in [0.4, 0.5) is 8.78 Å². The molecule has 0 saturated heterocycles. The first kappa shape index (κ1) is 17.8. The van der Waals surface area contributed by atoms with Crippen molar-refractivity contribution in [3.8, 4) is 39.4 Å². The van der Waals surface area contributed by atoms with Crippen LogP contribution in [-0.2, 0) is 6.61 Å². The third kappa shape index (κ3) is 3.26. The van der Waals surface area contributed by atoms with E-state index in [4.69, 9.17) is 21.3 Å². The lowest BCUT2D eigenvalue weighted by Gasteiger charge is -2.23. The number of rotatable bonds is 2. The van der Waals surface area contributed by atoms with Gasteiger partial charge in [0.1, 0.15) is 24.0 Å². The summed E-state index contributed by atoms with van der Waals surface area (Å²) in [6.07, 6.45) is 0. The second kappa shape index (κ2) is 6.98. The summed E-state index contributed by atoms with van der Waals surface area (Å²) in [4.78, 5) is 4.84. The standard InChI is InChI=1S/C24H14ClF2NO/c25-16-5-1-15(2-6-16)22-12-19(14-3-7-17(26)8-4-14)21-13-29-23-10-9-18(27)11-20(23)24(21)28-22/h1-12H,13H2. The normalized spacial score (nSPS) is 12.1. The van der Waals surface area contributed by atoms with Crippen LogP contribution in [0.3, 0.4) is 0 Å². The molecule has 0 bridgehead atoms. The third-order valence-corrected chi connectivity index (χ3v) is 5.24. The van der Waals surface area contributed by atoms with E-state index < -0.39 is 0 Å². The summed E-state index contributed by atoms with van der Waals surface area (Å²) in [5.41, 5.74) is 5.41. The van der Waals surface area contributed by atoms with E-state index in [-0.39, 0.29) is 11.6 Å². The van der Waals surface area contributed by atoms with Crippen LogP contribution < -0.4 is 4.74 Å². The molecule has 142 valence electrons. The number of halogens is 3. The van der Waals surface area contributed by atoms with Gasteiger partial charge in [0.05, 0.1) is 11.4 Å². The predicted molar refractivity (Wildman–Crippen MR) is 110 cm³/mol. The molecule has 0 saturated carbocycles. The van der Waals surface area contributed by atoms with Crippen molar-refractivity contribution in [3.63, 3.8) is 0 Å². The molecule has 2 nitrogen and oxygen atoms in total. The van der Waals surface area contributed by atoms with Crippen molar-refractivity contribution in [1.82, 2.24) is 4.98 Å². The molecule has 0 N–H and O–H groups in total. The van der Waals surface area contributed by atoms with Crippen molar-refractivity contribution in [2.75, 3.05) is 0 Å². The zero-order chi connectivity index (χ0) is 20.0. The average molecular weight is 406 g/mol. The Kier molecular flexibility index (Phi) is 4.29. The van der Waals surface area contributed by atoms with Crippen LogP contribution in [0, 0.1) is 11.6 Å². The molecule has 5 rings (SSSR count). The van der Waals surface area contributed by atoms with Gasteiger partial charge in [-0.15, -0.1) is 0 Å². The molecular formula is C24H14ClF2NO. The molecule has 0 unspecified atom stereocenters. The van der Waals surface area contributed by atoms with E-state index in [0.29, 0.717) is 28.6 Å². The van der Waals surface area contributed by atoms with Crippen LogP contribution in [-0.4, -0.2) is 4.98 Å². The van der Waals surface area contributed by atoms with E-state index in [1.807, 2.05) is 18.2 Å². The van der Waals surface area contributed by atoms with Gasteiger partial charge in [-0.25, -0.2) is 13.8 Å². The molecule has 0 fully saturated rings. The van der Waals surface area contributed by atoms with E-state index in [0.717, 1.165) is 27.9 Å². The second-order valence-electron chi connectivity index (χ2n) is 6.83. The van der Waals surface area contributed by atoms with Gasteiger partial charge in [-0.05, 0) is 59.7 Å². The Bertz CT molecular complexity index is 1220. The van der Waals surface area contributed by atoms with Crippen molar-refractivity contribution in [2.45, 2.75) is 6.61 Å². The maximum Gasteiger partial charge on any atom is 0.129 e. The Balaban J connectivity index is 1.79. The Labute approximate surface area is 171 Å². The van der Waals surface area contributed by atoms with Gasteiger partial charge in [-0.1, -0.05) is 35.9 Å². The molecule has 3 aromatic carbocycles. The highest BCUT2D eigenvalue weighted by molar-refractivity contribution is 6.30. The monoisotopic (exact) mass is 405 g/mol. The molecule has 4 aromatic rings. The summed E-state index contributed by atoms with van der Waals surface area (Å²) in [6, 6.07) is 20.0. The van der Waals surface area contributed by atoms with Gasteiger partial charge in [-0.3, -0.25) is 0 Å². The van der Waals surface area contributed by atoms with Gasteiger partial charge in [0, 0.05) is 21.7 Å². The zero-order valence-corrected chi connectivity index (χ0v) is 15.9. The number of hydrogen-bond acceptors (Lipinski definition) is 2. The van der Waals surface area contributed by atoms with Crippen LogP contribution in [0.5, 0.6) is 5.75 Å². The van der Waals surface area contributed by atoms with Crippen LogP contribution >= 0.6 is 11.6 Å². The van der Waals surface area contributed by atoms with Crippen molar-refractivity contribution in [1.29, 1.82) is 0 Å². The number of nitrogens with zero attached hydrogens (tertiary/aromatic N) is 1. The van der Waals surface area contributed by atoms with Gasteiger partial charge < -0.3 is 4.74 Å². The fourth-order valence-electron chi connectivity index (χ4n) is 3.56. The maximum atomic E-state index is 14.0. The van der Waals surface area contributed by atoms with E-state index in [1.54, 1.807) is 30.3 Å². The number of benzene rings is 3. The minimum absolute atomic E-state index is 0.300. The van der Waals surface area contributed by atoms with E-state index in [9.17, 15) is 8.78 Å². The Morgan fingerprint density at radius 3 is 2.21 bits per heavy atom. The first-order valence-electron chi connectivity index (χ1n) is 9.07. The molecule has 0 spiro atoms. The van der Waals surface area contributed by atoms with Crippen molar-refractivity contribution in [2.24, 2.45) is 0 Å².